The average molecular weight is 399 g/mol. The van der Waals surface area contributed by atoms with Crippen LogP contribution in [0.15, 0.2) is 29.8 Å². The zero-order chi connectivity index (χ0) is 19.7. The number of carbonyl (C=O) groups is 2. The molecule has 2 fully saturated rings. The minimum Gasteiger partial charge on any atom is -0.501 e. The van der Waals surface area contributed by atoms with Crippen molar-refractivity contribution in [3.63, 3.8) is 0 Å². The Bertz CT molecular complexity index is 835. The highest BCUT2D eigenvalue weighted by atomic mass is 32.1. The Balaban J connectivity index is 1.36. The van der Waals surface area contributed by atoms with Gasteiger partial charge in [0.1, 0.15) is 0 Å². The fourth-order valence-electron chi connectivity index (χ4n) is 4.80. The summed E-state index contributed by atoms with van der Waals surface area (Å²) in [5, 5.41) is 12.6. The number of rotatable bonds is 6. The molecule has 0 aromatic heterocycles. The summed E-state index contributed by atoms with van der Waals surface area (Å²) in [6, 6.07) is 7.49. The standard InChI is InChI=1S/C22H26N2O3S/c25-19(8-7-14-12-15-4-1-2-5-16(15)13-14)24-11-3-6-18(24)21(26)17-9-10-23-20(17)22(27)28/h1-2,4-5,12,17-18,20,23H,3,6-11,13H2,(H,27,28)/t17?,18-,20-/m0/s1. The quantitative estimate of drug-likeness (QED) is 0.721. The molecule has 2 heterocycles. The van der Waals surface area contributed by atoms with E-state index in [9.17, 15) is 14.7 Å². The first-order chi connectivity index (χ1) is 13.5. The number of fused-ring (bicyclic) bond motifs is 1. The third kappa shape index (κ3) is 3.76. The smallest absolute Gasteiger partial charge is 0.223 e. The van der Waals surface area contributed by atoms with E-state index in [-0.39, 0.29) is 28.7 Å². The van der Waals surface area contributed by atoms with Gasteiger partial charge in [-0.15, -0.1) is 0 Å². The first-order valence-electron chi connectivity index (χ1n) is 10.1. The Kier molecular flexibility index (Phi) is 5.60. The number of hydrogen-bond acceptors (Lipinski definition) is 4. The van der Waals surface area contributed by atoms with Crippen molar-refractivity contribution in [2.45, 2.75) is 50.6 Å². The molecular formula is C22H26N2O3S. The van der Waals surface area contributed by atoms with Crippen molar-refractivity contribution in [3.05, 3.63) is 41.0 Å². The number of ketones is 1. The molecule has 2 N–H and O–H groups in total. The molecule has 2 aliphatic heterocycles. The van der Waals surface area contributed by atoms with Gasteiger partial charge in [0.05, 0.1) is 12.1 Å². The molecule has 1 amide bonds. The van der Waals surface area contributed by atoms with E-state index in [0.717, 1.165) is 19.3 Å². The second kappa shape index (κ2) is 8.13. The molecule has 1 unspecified atom stereocenters. The van der Waals surface area contributed by atoms with Gasteiger partial charge in [-0.05, 0) is 62.0 Å². The Labute approximate surface area is 170 Å². The highest BCUT2D eigenvalue weighted by Crippen LogP contribution is 2.30. The summed E-state index contributed by atoms with van der Waals surface area (Å²) < 4.78 is 0. The van der Waals surface area contributed by atoms with Crippen LogP contribution in [0.2, 0.25) is 0 Å². The fraction of sp³-hybridized carbons (Fsp3) is 0.500. The molecule has 0 radical (unpaired) electrons. The first kappa shape index (κ1) is 19.3. The lowest BCUT2D eigenvalue weighted by molar-refractivity contribution is -0.139. The van der Waals surface area contributed by atoms with Gasteiger partial charge in [0.2, 0.25) is 5.91 Å². The van der Waals surface area contributed by atoms with Gasteiger partial charge in [0.25, 0.3) is 0 Å². The number of carbonyl (C=O) groups excluding carboxylic acids is 2. The average Bonchev–Trinajstić information content (AvgIpc) is 3.43. The number of nitrogens with one attached hydrogen (secondary N) is 1. The summed E-state index contributed by atoms with van der Waals surface area (Å²) in [5.74, 6) is -0.227. The highest BCUT2D eigenvalue weighted by molar-refractivity contribution is 7.80. The number of benzene rings is 1. The molecule has 4 rings (SSSR count). The molecule has 2 saturated heterocycles. The van der Waals surface area contributed by atoms with Crippen molar-refractivity contribution in [2.75, 3.05) is 13.1 Å². The van der Waals surface area contributed by atoms with Gasteiger partial charge in [-0.1, -0.05) is 35.9 Å². The molecule has 3 atom stereocenters. The van der Waals surface area contributed by atoms with Crippen LogP contribution in [-0.2, 0) is 16.0 Å². The number of amides is 1. The number of aliphatic hydroxyl groups excluding tert-OH is 1. The van der Waals surface area contributed by atoms with Crippen LogP contribution in [0.4, 0.5) is 0 Å². The maximum Gasteiger partial charge on any atom is 0.223 e. The topological polar surface area (TPSA) is 69.6 Å². The van der Waals surface area contributed by atoms with Crippen LogP contribution in [0.1, 0.15) is 43.2 Å². The van der Waals surface area contributed by atoms with E-state index in [4.69, 9.17) is 12.2 Å². The largest absolute Gasteiger partial charge is 0.501 e. The van der Waals surface area contributed by atoms with Crippen LogP contribution in [0, 0.1) is 5.92 Å². The second-order valence-corrected chi connectivity index (χ2v) is 8.41. The van der Waals surface area contributed by atoms with Gasteiger partial charge in [0.15, 0.2) is 10.8 Å². The molecule has 1 aliphatic carbocycles. The normalized spacial score (nSPS) is 26.2. The van der Waals surface area contributed by atoms with Crippen molar-refractivity contribution in [3.8, 4) is 0 Å². The second-order valence-electron chi connectivity index (χ2n) is 7.99. The van der Waals surface area contributed by atoms with E-state index in [2.05, 4.69) is 23.5 Å². The summed E-state index contributed by atoms with van der Waals surface area (Å²) in [6.45, 7) is 1.31. The van der Waals surface area contributed by atoms with Crippen LogP contribution >= 0.6 is 12.2 Å². The van der Waals surface area contributed by atoms with E-state index in [1.54, 1.807) is 4.90 Å². The number of hydrogen-bond donors (Lipinski definition) is 2. The maximum absolute atomic E-state index is 13.1. The summed E-state index contributed by atoms with van der Waals surface area (Å²) in [6.07, 6.45) is 6.49. The summed E-state index contributed by atoms with van der Waals surface area (Å²) in [4.78, 5) is 27.7. The summed E-state index contributed by atoms with van der Waals surface area (Å²) >= 11 is 4.89. The Morgan fingerprint density at radius 2 is 2.07 bits per heavy atom. The third-order valence-electron chi connectivity index (χ3n) is 6.25. The molecule has 6 heteroatoms. The monoisotopic (exact) mass is 398 g/mol. The SMILES string of the molecule is O=C(C1CCN[C@@H]1C(O)=S)[C@@H]1CCCN1C(=O)CCC1=Cc2ccccc2C1. The van der Waals surface area contributed by atoms with E-state index >= 15 is 0 Å². The fourth-order valence-corrected chi connectivity index (χ4v) is 5.05. The molecule has 148 valence electrons. The third-order valence-corrected chi connectivity index (χ3v) is 6.50. The molecule has 28 heavy (non-hydrogen) atoms. The van der Waals surface area contributed by atoms with Crippen LogP contribution in [-0.4, -0.2) is 51.9 Å². The molecule has 5 nitrogen and oxygen atoms in total. The molecular weight excluding hydrogens is 372 g/mol. The molecule has 0 spiro atoms. The molecule has 1 aromatic rings. The van der Waals surface area contributed by atoms with Crippen LogP contribution in [0.3, 0.4) is 0 Å². The first-order valence-corrected chi connectivity index (χ1v) is 10.5. The lowest BCUT2D eigenvalue weighted by Gasteiger charge is -2.27. The van der Waals surface area contributed by atoms with E-state index in [1.165, 1.54) is 16.7 Å². The van der Waals surface area contributed by atoms with Crippen molar-refractivity contribution in [1.29, 1.82) is 0 Å². The van der Waals surface area contributed by atoms with E-state index < -0.39 is 6.04 Å². The lowest BCUT2D eigenvalue weighted by Crippen LogP contribution is -2.47. The molecule has 0 saturated carbocycles. The summed E-state index contributed by atoms with van der Waals surface area (Å²) in [7, 11) is 0. The summed E-state index contributed by atoms with van der Waals surface area (Å²) in [5.41, 5.74) is 3.85. The number of nitrogens with zero attached hydrogens (tertiary/aromatic N) is 1. The van der Waals surface area contributed by atoms with Crippen molar-refractivity contribution >= 4 is 35.0 Å². The van der Waals surface area contributed by atoms with E-state index in [1.807, 2.05) is 12.1 Å². The van der Waals surface area contributed by atoms with Crippen molar-refractivity contribution in [1.82, 2.24) is 10.2 Å². The number of Topliss-reactive ketones (excluding diaryl/α,β-unsaturated/α-hetero) is 1. The Morgan fingerprint density at radius 1 is 1.25 bits per heavy atom. The Hall–Kier alpha value is -2.05. The molecule has 1 aromatic carbocycles. The Morgan fingerprint density at radius 3 is 2.86 bits per heavy atom. The zero-order valence-corrected chi connectivity index (χ0v) is 16.7. The van der Waals surface area contributed by atoms with Gasteiger partial charge in [0, 0.05) is 18.9 Å². The molecule has 3 aliphatic rings. The lowest BCUT2D eigenvalue weighted by atomic mass is 9.90. The van der Waals surface area contributed by atoms with Gasteiger partial charge >= 0.3 is 0 Å². The minimum atomic E-state index is -0.456. The highest BCUT2D eigenvalue weighted by Gasteiger charge is 2.43. The predicted octanol–water partition coefficient (Wildman–Crippen LogP) is 2.83. The van der Waals surface area contributed by atoms with Crippen molar-refractivity contribution in [2.24, 2.45) is 5.92 Å². The molecule has 0 bridgehead atoms. The van der Waals surface area contributed by atoms with E-state index in [0.29, 0.717) is 32.4 Å². The minimum absolute atomic E-state index is 0.0461. The van der Waals surface area contributed by atoms with Gasteiger partial charge in [-0.2, -0.15) is 0 Å². The van der Waals surface area contributed by atoms with Crippen LogP contribution < -0.4 is 5.32 Å². The number of thiocarbonyl (C=S) groups is 1. The maximum atomic E-state index is 13.1. The zero-order valence-electron chi connectivity index (χ0n) is 15.9. The van der Waals surface area contributed by atoms with Gasteiger partial charge in [-0.25, -0.2) is 0 Å². The number of allylic oxidation sites excluding steroid dienone is 1. The van der Waals surface area contributed by atoms with Gasteiger partial charge in [-0.3, -0.25) is 9.59 Å². The van der Waals surface area contributed by atoms with Gasteiger partial charge < -0.3 is 15.3 Å². The van der Waals surface area contributed by atoms with Crippen LogP contribution in [0.25, 0.3) is 6.08 Å². The van der Waals surface area contributed by atoms with Crippen LogP contribution in [0.5, 0.6) is 0 Å². The van der Waals surface area contributed by atoms with Crippen molar-refractivity contribution < 1.29 is 14.7 Å². The number of aliphatic hydroxyl groups is 1. The predicted molar refractivity (Wildman–Crippen MR) is 112 cm³/mol. The number of likely N-dealkylation sites (tertiary alicyclic amines) is 1.